The maximum absolute atomic E-state index is 9.47. The van der Waals surface area contributed by atoms with Gasteiger partial charge in [-0.15, -0.1) is 0 Å². The van der Waals surface area contributed by atoms with E-state index in [0.29, 0.717) is 0 Å². The normalized spacial score (nSPS) is 5.20. The van der Waals surface area contributed by atoms with Crippen LogP contribution in [0.15, 0.2) is 0 Å². The van der Waals surface area contributed by atoms with Gasteiger partial charge in [0.2, 0.25) is 0 Å². The quantitative estimate of drug-likeness (QED) is 0.369. The van der Waals surface area contributed by atoms with Gasteiger partial charge in [0.15, 0.2) is 0 Å². The lowest BCUT2D eigenvalue weighted by Crippen LogP contribution is -1.92. The summed E-state index contributed by atoms with van der Waals surface area (Å²) in [6, 6.07) is 0. The Labute approximate surface area is 55.7 Å². The monoisotopic (exact) mass is 150 g/mol. The van der Waals surface area contributed by atoms with Crippen molar-refractivity contribution in [2.45, 2.75) is 0 Å². The van der Waals surface area contributed by atoms with Crippen molar-refractivity contribution in [1.29, 1.82) is 0 Å². The minimum Gasteiger partial charge on any atom is -0.472 e. The predicted molar refractivity (Wildman–Crippen MR) is 30.3 cm³/mol. The van der Waals surface area contributed by atoms with E-state index in [4.69, 9.17) is 10.2 Å². The summed E-state index contributed by atoms with van der Waals surface area (Å²) in [5, 5.41) is 15.5. The maximum Gasteiger partial charge on any atom is 0.382 e. The molecule has 0 unspecified atom stereocenters. The van der Waals surface area contributed by atoms with Crippen LogP contribution in [0.3, 0.4) is 0 Å². The molecule has 0 aliphatic carbocycles. The van der Waals surface area contributed by atoms with Gasteiger partial charge in [0.1, 0.15) is 0 Å². The van der Waals surface area contributed by atoms with Crippen molar-refractivity contribution in [2.75, 3.05) is 0 Å². The Balaban J connectivity index is -0.000000245. The first-order chi connectivity index (χ1) is 3.63. The highest BCUT2D eigenvalue weighted by Crippen LogP contribution is 1.57. The van der Waals surface area contributed by atoms with Crippen LogP contribution in [0.5, 0.6) is 0 Å². The Kier molecular flexibility index (Phi) is 11.7. The second-order valence-electron chi connectivity index (χ2n) is 0.860. The van der Waals surface area contributed by atoms with E-state index >= 15 is 0 Å². The third-order valence-corrected chi connectivity index (χ3v) is 0.276. The largest absolute Gasteiger partial charge is 0.472 e. The van der Waals surface area contributed by atoms with Crippen LogP contribution in [0.4, 0.5) is 0 Å². The molecule has 0 radical (unpaired) electrons. The van der Waals surface area contributed by atoms with Crippen LogP contribution in [0, 0.1) is 11.8 Å². The van der Waals surface area contributed by atoms with Crippen molar-refractivity contribution in [3.05, 3.63) is 0 Å². The molecule has 0 saturated heterocycles. The van der Waals surface area contributed by atoms with Gasteiger partial charge in [-0.25, -0.2) is 9.59 Å². The fourth-order valence-corrected chi connectivity index (χ4v) is 0.107. The molecule has 0 saturated carbocycles. The fourth-order valence-electron chi connectivity index (χ4n) is 0.107. The Morgan fingerprint density at radius 3 is 1.20 bits per heavy atom. The SMILES string of the molecule is O.O.O=C(O)C#CC(=O)O. The van der Waals surface area contributed by atoms with E-state index in [2.05, 4.69) is 0 Å². The van der Waals surface area contributed by atoms with E-state index in [9.17, 15) is 9.59 Å². The summed E-state index contributed by atoms with van der Waals surface area (Å²) in [6.45, 7) is 0. The summed E-state index contributed by atoms with van der Waals surface area (Å²) >= 11 is 0. The Hall–Kier alpha value is -1.58. The minimum atomic E-state index is -1.44. The highest BCUT2D eigenvalue weighted by Gasteiger charge is 1.86. The molecule has 6 nitrogen and oxygen atoms in total. The molecule has 0 aliphatic rings. The lowest BCUT2D eigenvalue weighted by Gasteiger charge is -1.68. The van der Waals surface area contributed by atoms with Gasteiger partial charge in [-0.3, -0.25) is 0 Å². The van der Waals surface area contributed by atoms with Gasteiger partial charge in [0.25, 0.3) is 0 Å². The molecular formula is C4H6O6. The lowest BCUT2D eigenvalue weighted by molar-refractivity contribution is -0.132. The highest BCUT2D eigenvalue weighted by molar-refractivity contribution is 5.96. The molecule has 0 aromatic heterocycles. The number of carboxylic acid groups (broad SMARTS) is 2. The average Bonchev–Trinajstić information content (AvgIpc) is 1.61. The van der Waals surface area contributed by atoms with Crippen LogP contribution in [-0.4, -0.2) is 33.1 Å². The van der Waals surface area contributed by atoms with E-state index < -0.39 is 11.9 Å². The zero-order valence-corrected chi connectivity index (χ0v) is 4.71. The minimum absolute atomic E-state index is 0. The zero-order chi connectivity index (χ0) is 6.57. The number of hydrogen-bond acceptors (Lipinski definition) is 2. The molecule has 0 atom stereocenters. The number of carbonyl (C=O) groups is 2. The van der Waals surface area contributed by atoms with Crippen LogP contribution < -0.4 is 0 Å². The van der Waals surface area contributed by atoms with E-state index in [1.807, 2.05) is 0 Å². The first-order valence-corrected chi connectivity index (χ1v) is 1.61. The zero-order valence-electron chi connectivity index (χ0n) is 4.71. The van der Waals surface area contributed by atoms with E-state index in [1.54, 1.807) is 0 Å². The molecule has 0 rings (SSSR count). The molecule has 6 heteroatoms. The van der Waals surface area contributed by atoms with Gasteiger partial charge >= 0.3 is 11.9 Å². The number of hydrogen-bond donors (Lipinski definition) is 2. The molecule has 0 aliphatic heterocycles. The van der Waals surface area contributed by atoms with Crippen LogP contribution in [0.25, 0.3) is 0 Å². The van der Waals surface area contributed by atoms with E-state index in [0.717, 1.165) is 0 Å². The topological polar surface area (TPSA) is 138 Å². The van der Waals surface area contributed by atoms with E-state index in [1.165, 1.54) is 11.8 Å². The first-order valence-electron chi connectivity index (χ1n) is 1.61. The molecule has 0 aromatic carbocycles. The van der Waals surface area contributed by atoms with E-state index in [-0.39, 0.29) is 11.0 Å². The number of carboxylic acids is 2. The second-order valence-corrected chi connectivity index (χ2v) is 0.860. The number of rotatable bonds is 0. The van der Waals surface area contributed by atoms with Crippen molar-refractivity contribution in [1.82, 2.24) is 0 Å². The summed E-state index contributed by atoms with van der Waals surface area (Å²) in [6.07, 6.45) is 0. The van der Waals surface area contributed by atoms with Gasteiger partial charge in [-0.1, -0.05) is 0 Å². The van der Waals surface area contributed by atoms with Gasteiger partial charge in [0, 0.05) is 11.8 Å². The first kappa shape index (κ1) is 15.8. The van der Waals surface area contributed by atoms with Crippen LogP contribution >= 0.6 is 0 Å². The van der Waals surface area contributed by atoms with Gasteiger partial charge in [-0.2, -0.15) is 0 Å². The average molecular weight is 150 g/mol. The Morgan fingerprint density at radius 2 is 1.10 bits per heavy atom. The molecular weight excluding hydrogens is 144 g/mol. The van der Waals surface area contributed by atoms with Crippen molar-refractivity contribution >= 4 is 11.9 Å². The van der Waals surface area contributed by atoms with Crippen LogP contribution in [-0.2, 0) is 9.59 Å². The second kappa shape index (κ2) is 7.42. The molecule has 0 spiro atoms. The molecule has 10 heavy (non-hydrogen) atoms. The molecule has 0 heterocycles. The van der Waals surface area contributed by atoms with Crippen molar-refractivity contribution in [3.8, 4) is 11.8 Å². The summed E-state index contributed by atoms with van der Waals surface area (Å²) in [7, 11) is 0. The van der Waals surface area contributed by atoms with Crippen LogP contribution in [0.1, 0.15) is 0 Å². The summed E-state index contributed by atoms with van der Waals surface area (Å²) in [5.41, 5.74) is 0. The predicted octanol–water partition coefficient (Wildman–Crippen LogP) is -2.49. The molecule has 0 aromatic rings. The summed E-state index contributed by atoms with van der Waals surface area (Å²) in [4.78, 5) is 18.9. The smallest absolute Gasteiger partial charge is 0.382 e. The highest BCUT2D eigenvalue weighted by atomic mass is 16.4. The van der Waals surface area contributed by atoms with Crippen molar-refractivity contribution in [3.63, 3.8) is 0 Å². The van der Waals surface area contributed by atoms with Crippen molar-refractivity contribution in [2.24, 2.45) is 0 Å². The molecule has 58 valence electrons. The molecule has 6 N–H and O–H groups in total. The Bertz CT molecular complexity index is 154. The standard InChI is InChI=1S/C4H2O4.2H2O/c5-3(6)1-2-4(7)8;;/h(H,5,6)(H,7,8);2*1H2. The fraction of sp³-hybridized carbons (Fsp3) is 0. The van der Waals surface area contributed by atoms with Crippen LogP contribution in [0.2, 0.25) is 0 Å². The lowest BCUT2D eigenvalue weighted by atomic mass is 10.6. The Morgan fingerprint density at radius 1 is 0.900 bits per heavy atom. The summed E-state index contributed by atoms with van der Waals surface area (Å²) in [5.74, 6) is -0.0511. The van der Waals surface area contributed by atoms with Gasteiger partial charge < -0.3 is 21.2 Å². The van der Waals surface area contributed by atoms with Gasteiger partial charge in [-0.05, 0) is 0 Å². The number of aliphatic carboxylic acids is 2. The molecule has 0 fully saturated rings. The molecule has 0 amide bonds. The maximum atomic E-state index is 9.47. The van der Waals surface area contributed by atoms with Gasteiger partial charge in [0.05, 0.1) is 0 Å². The van der Waals surface area contributed by atoms with Crippen molar-refractivity contribution < 1.29 is 30.8 Å². The molecule has 0 bridgehead atoms. The third-order valence-electron chi connectivity index (χ3n) is 0.276. The summed E-state index contributed by atoms with van der Waals surface area (Å²) < 4.78 is 0. The third kappa shape index (κ3) is 16.1.